The van der Waals surface area contributed by atoms with Crippen molar-refractivity contribution >= 4 is 5.69 Å². The van der Waals surface area contributed by atoms with Gasteiger partial charge >= 0.3 is 0 Å². The van der Waals surface area contributed by atoms with Gasteiger partial charge in [0, 0.05) is 12.1 Å². The zero-order chi connectivity index (χ0) is 19.6. The van der Waals surface area contributed by atoms with E-state index in [1.54, 1.807) is 20.3 Å². The van der Waals surface area contributed by atoms with Crippen LogP contribution >= 0.6 is 0 Å². The maximum Gasteiger partial charge on any atom is 0.278 e. The second-order valence-corrected chi connectivity index (χ2v) is 6.03. The lowest BCUT2D eigenvalue weighted by molar-refractivity contribution is -0.385. The van der Waals surface area contributed by atoms with Gasteiger partial charge in [-0.05, 0) is 24.1 Å². The molecule has 27 heavy (non-hydrogen) atoms. The maximum absolute atomic E-state index is 11.7. The van der Waals surface area contributed by atoms with Crippen LogP contribution in [0.5, 0.6) is 23.0 Å². The smallest absolute Gasteiger partial charge is 0.278 e. The van der Waals surface area contributed by atoms with Gasteiger partial charge in [0.1, 0.15) is 0 Å². The Hall–Kier alpha value is -3.00. The normalized spacial score (nSPS) is 15.6. The maximum atomic E-state index is 11.7. The lowest BCUT2D eigenvalue weighted by Crippen LogP contribution is -2.31. The van der Waals surface area contributed by atoms with E-state index in [2.05, 4.69) is 5.32 Å². The Bertz CT molecular complexity index is 868. The molecule has 0 aliphatic carbocycles. The molecule has 8 heteroatoms. The molecule has 0 amide bonds. The molecule has 1 unspecified atom stereocenters. The molecule has 0 saturated carbocycles. The summed E-state index contributed by atoms with van der Waals surface area (Å²) in [5, 5.41) is 15.1. The highest BCUT2D eigenvalue weighted by atomic mass is 16.6. The van der Waals surface area contributed by atoms with Gasteiger partial charge < -0.3 is 24.3 Å². The van der Waals surface area contributed by atoms with Gasteiger partial charge in [-0.15, -0.1) is 0 Å². The minimum atomic E-state index is -0.409. The lowest BCUT2D eigenvalue weighted by Gasteiger charge is -2.29. The molecule has 8 nitrogen and oxygen atoms in total. The molecule has 144 valence electrons. The van der Waals surface area contributed by atoms with E-state index in [1.807, 2.05) is 12.1 Å². The van der Waals surface area contributed by atoms with Crippen molar-refractivity contribution in [1.29, 1.82) is 0 Å². The molecule has 3 rings (SSSR count). The van der Waals surface area contributed by atoms with Crippen LogP contribution in [0, 0.1) is 10.1 Å². The minimum Gasteiger partial charge on any atom is -0.493 e. The fourth-order valence-electron chi connectivity index (χ4n) is 3.54. The number of benzene rings is 2. The fraction of sp³-hybridized carbons (Fsp3) is 0.368. The predicted molar refractivity (Wildman–Crippen MR) is 99.3 cm³/mol. The van der Waals surface area contributed by atoms with Gasteiger partial charge in [-0.1, -0.05) is 6.07 Å². The van der Waals surface area contributed by atoms with Gasteiger partial charge in [-0.25, -0.2) is 0 Å². The van der Waals surface area contributed by atoms with Gasteiger partial charge in [0.15, 0.2) is 23.0 Å². The number of methoxy groups -OCH3 is 4. The zero-order valence-electron chi connectivity index (χ0n) is 15.7. The van der Waals surface area contributed by atoms with Crippen LogP contribution in [0.25, 0.3) is 0 Å². The average molecular weight is 374 g/mol. The summed E-state index contributed by atoms with van der Waals surface area (Å²) < 4.78 is 21.5. The van der Waals surface area contributed by atoms with Crippen molar-refractivity contribution in [2.45, 2.75) is 12.5 Å². The van der Waals surface area contributed by atoms with Crippen LogP contribution in [0.3, 0.4) is 0 Å². The highest BCUT2D eigenvalue weighted by Gasteiger charge is 2.32. The number of nitrogens with zero attached hydrogens (tertiary/aromatic N) is 1. The number of hydrogen-bond donors (Lipinski definition) is 1. The van der Waals surface area contributed by atoms with Gasteiger partial charge in [0.25, 0.3) is 5.69 Å². The second kappa shape index (κ2) is 7.71. The average Bonchev–Trinajstić information content (AvgIpc) is 2.70. The Morgan fingerprint density at radius 2 is 1.63 bits per heavy atom. The van der Waals surface area contributed by atoms with Gasteiger partial charge in [0.05, 0.1) is 51.0 Å². The molecule has 1 heterocycles. The number of hydrogen-bond acceptors (Lipinski definition) is 7. The van der Waals surface area contributed by atoms with E-state index in [1.165, 1.54) is 20.3 Å². The van der Waals surface area contributed by atoms with Crippen LogP contribution in [-0.2, 0) is 6.42 Å². The topological polar surface area (TPSA) is 92.1 Å². The lowest BCUT2D eigenvalue weighted by atomic mass is 9.88. The van der Waals surface area contributed by atoms with E-state index in [9.17, 15) is 10.1 Å². The summed E-state index contributed by atoms with van der Waals surface area (Å²) in [5.74, 6) is 2.05. The van der Waals surface area contributed by atoms with Crippen LogP contribution in [0.2, 0.25) is 0 Å². The first-order chi connectivity index (χ1) is 13.0. The Kier molecular flexibility index (Phi) is 5.36. The Balaban J connectivity index is 2.21. The van der Waals surface area contributed by atoms with E-state index in [4.69, 9.17) is 18.9 Å². The number of nitro groups is 1. The molecule has 1 N–H and O–H groups in total. The molecular weight excluding hydrogens is 352 g/mol. The fourth-order valence-corrected chi connectivity index (χ4v) is 3.54. The summed E-state index contributed by atoms with van der Waals surface area (Å²) in [6.07, 6.45) is 0.729. The van der Waals surface area contributed by atoms with Crippen molar-refractivity contribution in [1.82, 2.24) is 5.32 Å². The summed E-state index contributed by atoms with van der Waals surface area (Å²) in [6, 6.07) is 6.39. The largest absolute Gasteiger partial charge is 0.493 e. The minimum absolute atomic E-state index is 0.0345. The number of ether oxygens (including phenoxy) is 4. The summed E-state index contributed by atoms with van der Waals surface area (Å²) >= 11 is 0. The molecule has 2 aromatic carbocycles. The van der Waals surface area contributed by atoms with E-state index < -0.39 is 4.92 Å². The van der Waals surface area contributed by atoms with Crippen molar-refractivity contribution < 1.29 is 23.9 Å². The van der Waals surface area contributed by atoms with Crippen LogP contribution in [0.4, 0.5) is 5.69 Å². The van der Waals surface area contributed by atoms with E-state index in [0.717, 1.165) is 17.5 Å². The highest BCUT2D eigenvalue weighted by molar-refractivity contribution is 5.60. The van der Waals surface area contributed by atoms with Crippen molar-refractivity contribution in [2.24, 2.45) is 0 Å². The molecule has 0 radical (unpaired) electrons. The Labute approximate surface area is 157 Å². The van der Waals surface area contributed by atoms with Crippen molar-refractivity contribution in [3.8, 4) is 23.0 Å². The van der Waals surface area contributed by atoms with Gasteiger partial charge in [0.2, 0.25) is 0 Å². The summed E-state index contributed by atoms with van der Waals surface area (Å²) in [4.78, 5) is 11.3. The van der Waals surface area contributed by atoms with Gasteiger partial charge in [-0.2, -0.15) is 0 Å². The summed E-state index contributed by atoms with van der Waals surface area (Å²) in [6.45, 7) is 0.646. The van der Waals surface area contributed by atoms with E-state index >= 15 is 0 Å². The molecule has 1 aliphatic heterocycles. The second-order valence-electron chi connectivity index (χ2n) is 6.03. The molecule has 0 fully saturated rings. The Morgan fingerprint density at radius 3 is 2.22 bits per heavy atom. The molecule has 0 aromatic heterocycles. The molecule has 1 aliphatic rings. The van der Waals surface area contributed by atoms with Gasteiger partial charge in [-0.3, -0.25) is 10.1 Å². The predicted octanol–water partition coefficient (Wildman–Crippen LogP) is 2.86. The number of nitro benzene ring substituents is 1. The van der Waals surface area contributed by atoms with Crippen LogP contribution < -0.4 is 24.3 Å². The summed E-state index contributed by atoms with van der Waals surface area (Å²) in [7, 11) is 6.13. The van der Waals surface area contributed by atoms with Crippen molar-refractivity contribution in [2.75, 3.05) is 35.0 Å². The summed E-state index contributed by atoms with van der Waals surface area (Å²) in [5.41, 5.74) is 2.36. The third-order valence-corrected chi connectivity index (χ3v) is 4.76. The van der Waals surface area contributed by atoms with Crippen molar-refractivity contribution in [3.63, 3.8) is 0 Å². The zero-order valence-corrected chi connectivity index (χ0v) is 15.7. The van der Waals surface area contributed by atoms with E-state index in [0.29, 0.717) is 35.1 Å². The third kappa shape index (κ3) is 3.23. The molecule has 0 bridgehead atoms. The van der Waals surface area contributed by atoms with Crippen LogP contribution in [0.1, 0.15) is 22.7 Å². The first kappa shape index (κ1) is 18.8. The molecule has 2 aromatic rings. The molecule has 0 spiro atoms. The van der Waals surface area contributed by atoms with Crippen LogP contribution in [0.15, 0.2) is 24.3 Å². The SMILES string of the molecule is COc1cc(C2NCCc3c2ccc(OC)c3OC)c([N+](=O)[O-])cc1OC. The quantitative estimate of drug-likeness (QED) is 0.614. The molecule has 1 atom stereocenters. The molecular formula is C19H22N2O6. The van der Waals surface area contributed by atoms with Crippen LogP contribution in [-0.4, -0.2) is 39.9 Å². The molecule has 0 saturated heterocycles. The monoisotopic (exact) mass is 374 g/mol. The van der Waals surface area contributed by atoms with E-state index in [-0.39, 0.29) is 11.7 Å². The number of nitrogens with one attached hydrogen (secondary N) is 1. The Morgan fingerprint density at radius 1 is 0.963 bits per heavy atom. The first-order valence-electron chi connectivity index (χ1n) is 8.43. The standard InChI is InChI=1S/C19H22N2O6/c1-24-15-6-5-11-12(19(15)27-4)7-8-20-18(11)13-9-16(25-2)17(26-3)10-14(13)21(22)23/h5-6,9-10,18,20H,7-8H2,1-4H3. The van der Waals surface area contributed by atoms with Crippen molar-refractivity contribution in [3.05, 3.63) is 51.1 Å². The number of fused-ring (bicyclic) bond motifs is 1. The highest BCUT2D eigenvalue weighted by Crippen LogP contribution is 2.44. The number of rotatable bonds is 6. The first-order valence-corrected chi connectivity index (χ1v) is 8.43. The third-order valence-electron chi connectivity index (χ3n) is 4.76.